The normalized spacial score (nSPS) is 15.5. The standard InChI is InChI=1S/C23H27FN4/c24-21-15-9-8-12-19(21)17-28-26-22(16-25-20-13-6-1-2-7-14-20)23(27-28)18-10-4-3-5-11-18/h3-5,8-12,15,20,25H,1-2,6-7,13-14,16-17H2. The molecule has 0 spiro atoms. The van der Waals surface area contributed by atoms with Gasteiger partial charge >= 0.3 is 0 Å². The van der Waals surface area contributed by atoms with Gasteiger partial charge in [-0.15, -0.1) is 0 Å². The summed E-state index contributed by atoms with van der Waals surface area (Å²) < 4.78 is 14.1. The molecule has 1 aromatic heterocycles. The molecule has 1 aliphatic rings. The van der Waals surface area contributed by atoms with Crippen LogP contribution in [0.1, 0.15) is 49.8 Å². The molecular weight excluding hydrogens is 351 g/mol. The van der Waals surface area contributed by atoms with Crippen molar-refractivity contribution in [3.05, 3.63) is 71.7 Å². The number of nitrogens with one attached hydrogen (secondary N) is 1. The van der Waals surface area contributed by atoms with Crippen molar-refractivity contribution in [3.63, 3.8) is 0 Å². The van der Waals surface area contributed by atoms with Gasteiger partial charge in [0.1, 0.15) is 17.2 Å². The zero-order valence-electron chi connectivity index (χ0n) is 16.1. The molecule has 0 aliphatic heterocycles. The maximum absolute atomic E-state index is 14.1. The highest BCUT2D eigenvalue weighted by Crippen LogP contribution is 2.22. The van der Waals surface area contributed by atoms with Crippen molar-refractivity contribution in [1.82, 2.24) is 20.3 Å². The first-order valence-electron chi connectivity index (χ1n) is 10.3. The van der Waals surface area contributed by atoms with Gasteiger partial charge in [-0.1, -0.05) is 74.2 Å². The van der Waals surface area contributed by atoms with Crippen molar-refractivity contribution >= 4 is 0 Å². The van der Waals surface area contributed by atoms with Crippen LogP contribution in [-0.2, 0) is 13.1 Å². The minimum Gasteiger partial charge on any atom is -0.308 e. The van der Waals surface area contributed by atoms with Crippen LogP contribution >= 0.6 is 0 Å². The van der Waals surface area contributed by atoms with Gasteiger partial charge in [0.05, 0.1) is 6.54 Å². The highest BCUT2D eigenvalue weighted by atomic mass is 19.1. The molecule has 1 saturated carbocycles. The van der Waals surface area contributed by atoms with Crippen molar-refractivity contribution in [3.8, 4) is 11.3 Å². The van der Waals surface area contributed by atoms with Crippen molar-refractivity contribution in [1.29, 1.82) is 0 Å². The third kappa shape index (κ3) is 4.65. The number of halogens is 1. The summed E-state index contributed by atoms with van der Waals surface area (Å²) in [6.45, 7) is 1.02. The fourth-order valence-electron chi connectivity index (χ4n) is 3.90. The predicted molar refractivity (Wildman–Crippen MR) is 109 cm³/mol. The first-order valence-corrected chi connectivity index (χ1v) is 10.3. The summed E-state index contributed by atoms with van der Waals surface area (Å²) in [6.07, 6.45) is 7.72. The fourth-order valence-corrected chi connectivity index (χ4v) is 3.90. The van der Waals surface area contributed by atoms with E-state index in [-0.39, 0.29) is 5.82 Å². The first-order chi connectivity index (χ1) is 13.8. The average molecular weight is 378 g/mol. The Morgan fingerprint density at radius 1 is 0.893 bits per heavy atom. The number of hydrogen-bond acceptors (Lipinski definition) is 3. The Morgan fingerprint density at radius 2 is 1.61 bits per heavy atom. The molecular formula is C23H27FN4. The SMILES string of the molecule is Fc1ccccc1Cn1nc(CNC2CCCCCC2)c(-c2ccccc2)n1. The Balaban J connectivity index is 1.56. The lowest BCUT2D eigenvalue weighted by atomic mass is 10.1. The van der Waals surface area contributed by atoms with E-state index in [0.717, 1.165) is 17.0 Å². The molecule has 0 atom stereocenters. The molecule has 0 saturated heterocycles. The minimum atomic E-state index is -0.223. The molecule has 1 N–H and O–H groups in total. The van der Waals surface area contributed by atoms with Crippen molar-refractivity contribution in [2.24, 2.45) is 0 Å². The lowest BCUT2D eigenvalue weighted by Crippen LogP contribution is -2.28. The van der Waals surface area contributed by atoms with Crippen molar-refractivity contribution in [2.45, 2.75) is 57.7 Å². The van der Waals surface area contributed by atoms with Crippen LogP contribution in [0.3, 0.4) is 0 Å². The zero-order chi connectivity index (χ0) is 19.2. The van der Waals surface area contributed by atoms with E-state index in [2.05, 4.69) is 5.32 Å². The topological polar surface area (TPSA) is 42.7 Å². The third-order valence-electron chi connectivity index (χ3n) is 5.46. The van der Waals surface area contributed by atoms with E-state index in [1.54, 1.807) is 16.9 Å². The van der Waals surface area contributed by atoms with Gasteiger partial charge in [-0.2, -0.15) is 15.0 Å². The summed E-state index contributed by atoms with van der Waals surface area (Å²) in [6, 6.07) is 17.5. The van der Waals surface area contributed by atoms with Gasteiger partial charge in [0, 0.05) is 23.7 Å². The molecule has 1 fully saturated rings. The van der Waals surface area contributed by atoms with Crippen LogP contribution in [0.25, 0.3) is 11.3 Å². The van der Waals surface area contributed by atoms with Crippen LogP contribution in [0.5, 0.6) is 0 Å². The van der Waals surface area contributed by atoms with Crippen molar-refractivity contribution < 1.29 is 4.39 Å². The van der Waals surface area contributed by atoms with Gasteiger partial charge < -0.3 is 5.32 Å². The van der Waals surface area contributed by atoms with Gasteiger partial charge in [-0.25, -0.2) is 4.39 Å². The zero-order valence-corrected chi connectivity index (χ0v) is 16.1. The highest BCUT2D eigenvalue weighted by Gasteiger charge is 2.17. The van der Waals surface area contributed by atoms with Crippen molar-refractivity contribution in [2.75, 3.05) is 0 Å². The monoisotopic (exact) mass is 378 g/mol. The van der Waals surface area contributed by atoms with E-state index in [1.807, 2.05) is 36.4 Å². The third-order valence-corrected chi connectivity index (χ3v) is 5.46. The Bertz CT molecular complexity index is 883. The number of aromatic nitrogens is 3. The number of rotatable bonds is 6. The van der Waals surface area contributed by atoms with E-state index in [9.17, 15) is 4.39 Å². The molecule has 0 unspecified atom stereocenters. The summed E-state index contributed by atoms with van der Waals surface area (Å²) in [5.41, 5.74) is 3.44. The van der Waals surface area contributed by atoms with E-state index >= 15 is 0 Å². The van der Waals surface area contributed by atoms with Crippen LogP contribution in [0.2, 0.25) is 0 Å². The fraction of sp³-hybridized carbons (Fsp3) is 0.391. The minimum absolute atomic E-state index is 0.223. The number of nitrogens with zero attached hydrogens (tertiary/aromatic N) is 3. The van der Waals surface area contributed by atoms with Gasteiger partial charge in [-0.3, -0.25) is 0 Å². The Kier molecular flexibility index (Phi) is 6.12. The molecule has 1 heterocycles. The highest BCUT2D eigenvalue weighted by molar-refractivity contribution is 5.60. The molecule has 2 aromatic carbocycles. The smallest absolute Gasteiger partial charge is 0.128 e. The second-order valence-electron chi connectivity index (χ2n) is 7.55. The molecule has 5 heteroatoms. The summed E-state index contributed by atoms with van der Waals surface area (Å²) in [5, 5.41) is 13.1. The van der Waals surface area contributed by atoms with Gasteiger partial charge in [-0.05, 0) is 18.9 Å². The van der Waals surface area contributed by atoms with Crippen LogP contribution in [-0.4, -0.2) is 21.0 Å². The Hall–Kier alpha value is -2.53. The average Bonchev–Trinajstić information content (AvgIpc) is 2.94. The predicted octanol–water partition coefficient (Wildman–Crippen LogP) is 4.94. The summed E-state index contributed by atoms with van der Waals surface area (Å²) in [5.74, 6) is -0.223. The summed E-state index contributed by atoms with van der Waals surface area (Å²) in [4.78, 5) is 1.62. The summed E-state index contributed by atoms with van der Waals surface area (Å²) in [7, 11) is 0. The molecule has 4 nitrogen and oxygen atoms in total. The molecule has 4 rings (SSSR count). The molecule has 146 valence electrons. The van der Waals surface area contributed by atoms with Crippen LogP contribution < -0.4 is 5.32 Å². The largest absolute Gasteiger partial charge is 0.308 e. The second-order valence-corrected chi connectivity index (χ2v) is 7.55. The summed E-state index contributed by atoms with van der Waals surface area (Å²) >= 11 is 0. The van der Waals surface area contributed by atoms with Gasteiger partial charge in [0.25, 0.3) is 0 Å². The first kappa shape index (κ1) is 18.8. The van der Waals surface area contributed by atoms with Gasteiger partial charge in [0.2, 0.25) is 0 Å². The van der Waals surface area contributed by atoms with Crippen LogP contribution in [0.4, 0.5) is 4.39 Å². The lowest BCUT2D eigenvalue weighted by Gasteiger charge is -2.15. The van der Waals surface area contributed by atoms with Gasteiger partial charge in [0.15, 0.2) is 0 Å². The Morgan fingerprint density at radius 3 is 2.36 bits per heavy atom. The van der Waals surface area contributed by atoms with E-state index < -0.39 is 0 Å². The van der Waals surface area contributed by atoms with E-state index in [1.165, 1.54) is 44.6 Å². The maximum atomic E-state index is 14.1. The van der Waals surface area contributed by atoms with Crippen LogP contribution in [0.15, 0.2) is 54.6 Å². The molecule has 0 bridgehead atoms. The van der Waals surface area contributed by atoms with Crippen LogP contribution in [0, 0.1) is 5.82 Å². The lowest BCUT2D eigenvalue weighted by molar-refractivity contribution is 0.453. The Labute approximate surface area is 165 Å². The van der Waals surface area contributed by atoms with E-state index in [0.29, 0.717) is 24.7 Å². The number of hydrogen-bond donors (Lipinski definition) is 1. The van der Waals surface area contributed by atoms with E-state index in [4.69, 9.17) is 10.2 Å². The maximum Gasteiger partial charge on any atom is 0.128 e. The molecule has 3 aromatic rings. The quantitative estimate of drug-likeness (QED) is 0.618. The molecule has 0 radical (unpaired) electrons. The second kappa shape index (κ2) is 9.11. The molecule has 1 aliphatic carbocycles. The number of benzene rings is 2. The molecule has 28 heavy (non-hydrogen) atoms. The molecule has 0 amide bonds.